The Morgan fingerprint density at radius 1 is 0.791 bits per heavy atom. The number of fused-ring (bicyclic) bond motifs is 1. The van der Waals surface area contributed by atoms with E-state index in [1.165, 1.54) is 5.56 Å². The molecule has 0 aliphatic heterocycles. The second-order valence-electron chi connectivity index (χ2n) is 10.5. The zero-order chi connectivity index (χ0) is 29.6. The number of amides is 1. The number of nitrogens with zero attached hydrogens (tertiary/aromatic N) is 2. The van der Waals surface area contributed by atoms with E-state index in [1.54, 1.807) is 7.11 Å². The first kappa shape index (κ1) is 27.7. The summed E-state index contributed by atoms with van der Waals surface area (Å²) in [5, 5.41) is 5.50. The summed E-state index contributed by atoms with van der Waals surface area (Å²) in [6, 6.07) is 40.8. The molecule has 43 heavy (non-hydrogen) atoms. The number of imidazole rings is 1. The smallest absolute Gasteiger partial charge is 0.240 e. The average molecular weight is 564 g/mol. The van der Waals surface area contributed by atoms with Crippen LogP contribution < -0.4 is 10.1 Å². The van der Waals surface area contributed by atoms with Crippen molar-refractivity contribution in [3.63, 3.8) is 0 Å². The van der Waals surface area contributed by atoms with Gasteiger partial charge in [0.15, 0.2) is 0 Å². The molecule has 0 spiro atoms. The number of carbonyl (C=O) groups is 1. The van der Waals surface area contributed by atoms with Crippen molar-refractivity contribution in [2.45, 2.75) is 19.5 Å². The van der Waals surface area contributed by atoms with E-state index in [4.69, 9.17) is 9.72 Å². The van der Waals surface area contributed by atoms with Crippen LogP contribution in [0.5, 0.6) is 5.75 Å². The van der Waals surface area contributed by atoms with Crippen LogP contribution in [0.15, 0.2) is 128 Å². The van der Waals surface area contributed by atoms with Gasteiger partial charge in [0.05, 0.1) is 18.8 Å². The molecule has 1 unspecified atom stereocenters. The summed E-state index contributed by atoms with van der Waals surface area (Å²) in [5.41, 5.74) is 6.21. The number of carbonyl (C=O) groups excluding carboxylic acids is 1. The molecule has 212 valence electrons. The molecule has 0 aliphatic carbocycles. The van der Waals surface area contributed by atoms with E-state index in [-0.39, 0.29) is 18.5 Å². The number of methoxy groups -OCH3 is 1. The largest absolute Gasteiger partial charge is 0.497 e. The molecule has 1 atom stereocenters. The normalized spacial score (nSPS) is 12.0. The second kappa shape index (κ2) is 12.6. The van der Waals surface area contributed by atoms with Gasteiger partial charge in [-0.2, -0.15) is 0 Å². The first-order valence-corrected chi connectivity index (χ1v) is 14.4. The van der Waals surface area contributed by atoms with E-state index in [9.17, 15) is 4.79 Å². The van der Waals surface area contributed by atoms with Gasteiger partial charge in [0, 0.05) is 11.8 Å². The summed E-state index contributed by atoms with van der Waals surface area (Å²) >= 11 is 0. The lowest BCUT2D eigenvalue weighted by Gasteiger charge is -2.17. The van der Waals surface area contributed by atoms with E-state index in [0.717, 1.165) is 44.5 Å². The first-order chi connectivity index (χ1) is 21.1. The minimum absolute atomic E-state index is 0.0806. The second-order valence-corrected chi connectivity index (χ2v) is 10.5. The Labute approximate surface area is 252 Å². The van der Waals surface area contributed by atoms with E-state index in [2.05, 4.69) is 66.0 Å². The van der Waals surface area contributed by atoms with Gasteiger partial charge >= 0.3 is 0 Å². The Hall–Kier alpha value is -5.42. The van der Waals surface area contributed by atoms with Crippen molar-refractivity contribution in [1.82, 2.24) is 14.9 Å². The fourth-order valence-electron chi connectivity index (χ4n) is 5.33. The molecule has 0 radical (unpaired) electrons. The number of hydrogen-bond donors (Lipinski definition) is 1. The quantitative estimate of drug-likeness (QED) is 0.192. The fourth-order valence-corrected chi connectivity index (χ4v) is 5.33. The standard InChI is InChI=1S/C38H33N3O2/c1-27(34-14-8-12-31-11-6-7-13-35(31)34)39-38(42)26-41-25-36(32-20-18-30(19-21-32)29-9-4-3-5-10-29)40-37(41)24-17-28-15-22-33(43-2)23-16-28/h3-25,27H,26H2,1-2H3,(H,39,42). The summed E-state index contributed by atoms with van der Waals surface area (Å²) in [7, 11) is 1.65. The highest BCUT2D eigenvalue weighted by Crippen LogP contribution is 2.26. The van der Waals surface area contributed by atoms with Crippen LogP contribution in [0.3, 0.4) is 0 Å². The van der Waals surface area contributed by atoms with Crippen molar-refractivity contribution in [2.24, 2.45) is 0 Å². The number of ether oxygens (including phenoxy) is 1. The third-order valence-corrected chi connectivity index (χ3v) is 7.62. The van der Waals surface area contributed by atoms with Gasteiger partial charge in [-0.1, -0.05) is 115 Å². The molecule has 5 nitrogen and oxygen atoms in total. The third-order valence-electron chi connectivity index (χ3n) is 7.62. The molecule has 0 saturated carbocycles. The Balaban J connectivity index is 1.26. The molecule has 5 aromatic carbocycles. The first-order valence-electron chi connectivity index (χ1n) is 14.4. The highest BCUT2D eigenvalue weighted by atomic mass is 16.5. The highest BCUT2D eigenvalue weighted by Gasteiger charge is 2.15. The molecule has 5 heteroatoms. The van der Waals surface area contributed by atoms with Gasteiger partial charge in [-0.15, -0.1) is 0 Å². The van der Waals surface area contributed by atoms with Crippen LogP contribution in [0.2, 0.25) is 0 Å². The predicted octanol–water partition coefficient (Wildman–Crippen LogP) is 8.43. The molecule has 6 aromatic rings. The number of nitrogens with one attached hydrogen (secondary N) is 1. The van der Waals surface area contributed by atoms with Crippen molar-refractivity contribution >= 4 is 28.8 Å². The maximum atomic E-state index is 13.4. The van der Waals surface area contributed by atoms with Gasteiger partial charge in [0.2, 0.25) is 5.91 Å². The number of aromatic nitrogens is 2. The predicted molar refractivity (Wildman–Crippen MR) is 176 cm³/mol. The SMILES string of the molecule is COc1ccc(C=Cc2nc(-c3ccc(-c4ccccc4)cc3)cn2CC(=O)NC(C)c2cccc3ccccc23)cc1. The zero-order valence-electron chi connectivity index (χ0n) is 24.3. The van der Waals surface area contributed by atoms with Crippen LogP contribution in [0.1, 0.15) is 29.9 Å². The number of hydrogen-bond acceptors (Lipinski definition) is 3. The Kier molecular flexibility index (Phi) is 8.14. The highest BCUT2D eigenvalue weighted by molar-refractivity contribution is 5.87. The van der Waals surface area contributed by atoms with E-state index >= 15 is 0 Å². The van der Waals surface area contributed by atoms with Gasteiger partial charge in [0.25, 0.3) is 0 Å². The lowest BCUT2D eigenvalue weighted by atomic mass is 10.00. The summed E-state index contributed by atoms with van der Waals surface area (Å²) < 4.78 is 7.19. The van der Waals surface area contributed by atoms with Gasteiger partial charge < -0.3 is 14.6 Å². The van der Waals surface area contributed by atoms with Gasteiger partial charge in [-0.05, 0) is 58.2 Å². The summed E-state index contributed by atoms with van der Waals surface area (Å²) in [4.78, 5) is 18.3. The van der Waals surface area contributed by atoms with Crippen LogP contribution in [-0.4, -0.2) is 22.6 Å². The molecular formula is C38H33N3O2. The minimum Gasteiger partial charge on any atom is -0.497 e. The van der Waals surface area contributed by atoms with Gasteiger partial charge in [0.1, 0.15) is 18.1 Å². The van der Waals surface area contributed by atoms with Crippen molar-refractivity contribution < 1.29 is 9.53 Å². The Bertz CT molecular complexity index is 1870. The van der Waals surface area contributed by atoms with Crippen molar-refractivity contribution in [1.29, 1.82) is 0 Å². The molecule has 1 amide bonds. The van der Waals surface area contributed by atoms with Crippen molar-refractivity contribution in [3.05, 3.63) is 144 Å². The maximum Gasteiger partial charge on any atom is 0.240 e. The molecule has 0 bridgehead atoms. The van der Waals surface area contributed by atoms with Gasteiger partial charge in [-0.25, -0.2) is 4.98 Å². The zero-order valence-corrected chi connectivity index (χ0v) is 24.3. The van der Waals surface area contributed by atoms with E-state index in [0.29, 0.717) is 5.82 Å². The van der Waals surface area contributed by atoms with Crippen LogP contribution in [-0.2, 0) is 11.3 Å². The number of benzene rings is 5. The molecule has 6 rings (SSSR count). The average Bonchev–Trinajstić information content (AvgIpc) is 3.46. The lowest BCUT2D eigenvalue weighted by molar-refractivity contribution is -0.122. The summed E-state index contributed by atoms with van der Waals surface area (Å²) in [6.07, 6.45) is 5.90. The molecule has 0 aliphatic rings. The van der Waals surface area contributed by atoms with E-state index in [1.807, 2.05) is 90.5 Å². The molecule has 0 fully saturated rings. The minimum atomic E-state index is -0.148. The maximum absolute atomic E-state index is 13.4. The van der Waals surface area contributed by atoms with Crippen molar-refractivity contribution in [2.75, 3.05) is 7.11 Å². The summed E-state index contributed by atoms with van der Waals surface area (Å²) in [6.45, 7) is 2.17. The fraction of sp³-hybridized carbons (Fsp3) is 0.105. The van der Waals surface area contributed by atoms with Crippen molar-refractivity contribution in [3.8, 4) is 28.1 Å². The topological polar surface area (TPSA) is 56.2 Å². The third kappa shape index (κ3) is 6.41. The lowest BCUT2D eigenvalue weighted by Crippen LogP contribution is -2.30. The van der Waals surface area contributed by atoms with Crippen LogP contribution >= 0.6 is 0 Å². The Morgan fingerprint density at radius 3 is 2.23 bits per heavy atom. The monoisotopic (exact) mass is 563 g/mol. The molecule has 1 heterocycles. The molecule has 1 N–H and O–H groups in total. The van der Waals surface area contributed by atoms with E-state index < -0.39 is 0 Å². The van der Waals surface area contributed by atoms with Crippen LogP contribution in [0, 0.1) is 0 Å². The van der Waals surface area contributed by atoms with Gasteiger partial charge in [-0.3, -0.25) is 4.79 Å². The summed E-state index contributed by atoms with van der Waals surface area (Å²) in [5.74, 6) is 1.42. The van der Waals surface area contributed by atoms with Crippen LogP contribution in [0.4, 0.5) is 0 Å². The Morgan fingerprint density at radius 2 is 1.47 bits per heavy atom. The van der Waals surface area contributed by atoms with Crippen LogP contribution in [0.25, 0.3) is 45.3 Å². The molecule has 1 aromatic heterocycles. The molecule has 0 saturated heterocycles. The number of rotatable bonds is 9. The molecular weight excluding hydrogens is 530 g/mol.